The zero-order chi connectivity index (χ0) is 19.4. The standard InChI is InChI=1S/C14H21N2O9P/c1-7-4-16(14(19)15-12(7)18)13-11(23-6-8(2)22-3)10(25-26(20)21)9(5-17)24-13/h4,8-11,13,17H,5-6H2,1-3H3,(H-,15,18,19,20,21)/p+1/t8-,9-,10?,11+,13-/m1/s1. The van der Waals surface area contributed by atoms with Crippen molar-refractivity contribution < 1.29 is 33.3 Å². The first kappa shape index (κ1) is 20.8. The van der Waals surface area contributed by atoms with Crippen molar-refractivity contribution in [1.29, 1.82) is 0 Å². The maximum Gasteiger partial charge on any atom is 0.695 e. The van der Waals surface area contributed by atoms with Crippen molar-refractivity contribution in [2.24, 2.45) is 0 Å². The van der Waals surface area contributed by atoms with E-state index < -0.39 is 50.7 Å². The third kappa shape index (κ3) is 4.63. The normalized spacial score (nSPS) is 27.5. The fourth-order valence-electron chi connectivity index (χ4n) is 2.58. The van der Waals surface area contributed by atoms with E-state index in [0.717, 1.165) is 4.57 Å². The molecule has 1 aromatic rings. The predicted octanol–water partition coefficient (Wildman–Crippen LogP) is -0.810. The molecule has 11 nitrogen and oxygen atoms in total. The summed E-state index contributed by atoms with van der Waals surface area (Å²) in [6, 6.07) is 0. The second-order valence-corrected chi connectivity index (χ2v) is 6.56. The highest BCUT2D eigenvalue weighted by molar-refractivity contribution is 7.32. The van der Waals surface area contributed by atoms with E-state index in [4.69, 9.17) is 23.6 Å². The third-order valence-electron chi connectivity index (χ3n) is 4.02. The van der Waals surface area contributed by atoms with Gasteiger partial charge in [-0.15, -0.1) is 9.42 Å². The fraction of sp³-hybridized carbons (Fsp3) is 0.714. The largest absolute Gasteiger partial charge is 0.695 e. The lowest BCUT2D eigenvalue weighted by Gasteiger charge is -2.23. The Morgan fingerprint density at radius 3 is 2.69 bits per heavy atom. The van der Waals surface area contributed by atoms with Crippen molar-refractivity contribution in [2.75, 3.05) is 20.3 Å². The Bertz CT molecular complexity index is 749. The molecule has 6 atom stereocenters. The van der Waals surface area contributed by atoms with Crippen LogP contribution in [0.25, 0.3) is 0 Å². The van der Waals surface area contributed by atoms with Crippen LogP contribution in [0.15, 0.2) is 15.8 Å². The summed E-state index contributed by atoms with van der Waals surface area (Å²) >= 11 is 0. The number of hydrogen-bond acceptors (Lipinski definition) is 8. The first-order chi connectivity index (χ1) is 12.3. The lowest BCUT2D eigenvalue weighted by Crippen LogP contribution is -2.41. The molecule has 0 aromatic carbocycles. The van der Waals surface area contributed by atoms with Gasteiger partial charge in [0.1, 0.15) is 12.2 Å². The highest BCUT2D eigenvalue weighted by atomic mass is 31.1. The van der Waals surface area contributed by atoms with Crippen molar-refractivity contribution in [1.82, 2.24) is 9.55 Å². The minimum atomic E-state index is -3.00. The van der Waals surface area contributed by atoms with Crippen LogP contribution >= 0.6 is 8.25 Å². The van der Waals surface area contributed by atoms with Crippen LogP contribution in [0.5, 0.6) is 0 Å². The molecule has 26 heavy (non-hydrogen) atoms. The van der Waals surface area contributed by atoms with Gasteiger partial charge in [-0.3, -0.25) is 14.3 Å². The van der Waals surface area contributed by atoms with Crippen LogP contribution in [0, 0.1) is 6.92 Å². The second kappa shape index (κ2) is 8.96. The number of methoxy groups -OCH3 is 1. The number of H-pyrrole nitrogens is 1. The van der Waals surface area contributed by atoms with Crippen LogP contribution in [-0.4, -0.2) is 64.3 Å². The summed E-state index contributed by atoms with van der Waals surface area (Å²) in [7, 11) is -1.52. The molecule has 3 N–H and O–H groups in total. The summed E-state index contributed by atoms with van der Waals surface area (Å²) in [6.07, 6.45) is -3.22. The molecule has 1 fully saturated rings. The maximum atomic E-state index is 12.2. The van der Waals surface area contributed by atoms with Crippen LogP contribution in [0.4, 0.5) is 0 Å². The molecule has 146 valence electrons. The summed E-state index contributed by atoms with van der Waals surface area (Å²) in [6.45, 7) is 2.81. The molecule has 1 aromatic heterocycles. The van der Waals surface area contributed by atoms with Crippen molar-refractivity contribution in [2.45, 2.75) is 44.5 Å². The van der Waals surface area contributed by atoms with Gasteiger partial charge in [-0.05, 0) is 13.8 Å². The van der Waals surface area contributed by atoms with Gasteiger partial charge >= 0.3 is 13.9 Å². The van der Waals surface area contributed by atoms with Gasteiger partial charge in [-0.2, -0.15) is 0 Å². The zero-order valence-corrected chi connectivity index (χ0v) is 15.4. The van der Waals surface area contributed by atoms with Crippen LogP contribution in [-0.2, 0) is 23.3 Å². The van der Waals surface area contributed by atoms with E-state index in [2.05, 4.69) is 4.98 Å². The monoisotopic (exact) mass is 393 g/mol. The Kier molecular flexibility index (Phi) is 7.18. The molecule has 2 heterocycles. The molecule has 1 aliphatic rings. The van der Waals surface area contributed by atoms with Gasteiger partial charge in [0.2, 0.25) is 0 Å². The molecule has 2 unspecified atom stereocenters. The van der Waals surface area contributed by atoms with Gasteiger partial charge in [0.05, 0.1) is 19.3 Å². The van der Waals surface area contributed by atoms with E-state index in [1.165, 1.54) is 20.2 Å². The molecule has 0 bridgehead atoms. The summed E-state index contributed by atoms with van der Waals surface area (Å²) < 4.78 is 33.7. The lowest BCUT2D eigenvalue weighted by molar-refractivity contribution is -0.0928. The average molecular weight is 393 g/mol. The number of nitrogens with zero attached hydrogens (tertiary/aromatic N) is 1. The number of aromatic nitrogens is 2. The number of ether oxygens (including phenoxy) is 3. The smallest absolute Gasteiger partial charge is 0.394 e. The first-order valence-electron chi connectivity index (χ1n) is 7.84. The van der Waals surface area contributed by atoms with Crippen LogP contribution < -0.4 is 11.2 Å². The SMILES string of the molecule is CO[C@H](C)CO[C@H]1C(O[P+](=O)O)[C@@H](CO)O[C@H]1n1cc(C)c(=O)[nH]c1=O. The molecule has 0 spiro atoms. The van der Waals surface area contributed by atoms with Crippen LogP contribution in [0.2, 0.25) is 0 Å². The van der Waals surface area contributed by atoms with Gasteiger partial charge < -0.3 is 19.3 Å². The average Bonchev–Trinajstić information content (AvgIpc) is 2.92. The number of aromatic amines is 1. The third-order valence-corrected chi connectivity index (χ3v) is 4.45. The molecule has 2 rings (SSSR count). The zero-order valence-electron chi connectivity index (χ0n) is 14.5. The minimum absolute atomic E-state index is 0.0817. The van der Waals surface area contributed by atoms with E-state index >= 15 is 0 Å². The summed E-state index contributed by atoms with van der Waals surface area (Å²) in [4.78, 5) is 35.0. The van der Waals surface area contributed by atoms with E-state index in [9.17, 15) is 19.3 Å². The first-order valence-corrected chi connectivity index (χ1v) is 8.97. The number of aliphatic hydroxyl groups excluding tert-OH is 1. The van der Waals surface area contributed by atoms with Crippen molar-refractivity contribution in [3.8, 4) is 0 Å². The van der Waals surface area contributed by atoms with Gasteiger partial charge in [-0.1, -0.05) is 0 Å². The molecular weight excluding hydrogens is 371 g/mol. The van der Waals surface area contributed by atoms with E-state index in [1.54, 1.807) is 6.92 Å². The molecule has 0 aliphatic carbocycles. The Morgan fingerprint density at radius 2 is 2.12 bits per heavy atom. The molecule has 1 saturated heterocycles. The summed E-state index contributed by atoms with van der Waals surface area (Å²) in [5, 5.41) is 9.52. The Morgan fingerprint density at radius 1 is 1.42 bits per heavy atom. The predicted molar refractivity (Wildman–Crippen MR) is 88.0 cm³/mol. The fourth-order valence-corrected chi connectivity index (χ4v) is 3.04. The number of rotatable bonds is 8. The van der Waals surface area contributed by atoms with Crippen LogP contribution in [0.3, 0.4) is 0 Å². The Balaban J connectivity index is 2.40. The highest BCUT2D eigenvalue weighted by Gasteiger charge is 2.51. The molecular formula is C14H22N2O9P+. The Labute approximate surface area is 149 Å². The Hall–Kier alpha value is -1.46. The maximum absolute atomic E-state index is 12.2. The van der Waals surface area contributed by atoms with E-state index in [0.29, 0.717) is 0 Å². The number of nitrogens with one attached hydrogen (secondary N) is 1. The number of hydrogen-bond donors (Lipinski definition) is 3. The topological polar surface area (TPSA) is 149 Å². The van der Waals surface area contributed by atoms with Crippen LogP contribution in [0.1, 0.15) is 18.7 Å². The molecule has 0 radical (unpaired) electrons. The quantitative estimate of drug-likeness (QED) is 0.482. The molecule has 12 heteroatoms. The van der Waals surface area contributed by atoms with Crippen molar-refractivity contribution in [3.63, 3.8) is 0 Å². The van der Waals surface area contributed by atoms with Crippen molar-refractivity contribution >= 4 is 8.25 Å². The van der Waals surface area contributed by atoms with E-state index in [1.807, 2.05) is 0 Å². The van der Waals surface area contributed by atoms with Gasteiger partial charge in [-0.25, -0.2) is 4.79 Å². The second-order valence-electron chi connectivity index (χ2n) is 5.88. The number of aryl methyl sites for hydroxylation is 1. The summed E-state index contributed by atoms with van der Waals surface area (Å²) in [5.74, 6) is 0. The highest BCUT2D eigenvalue weighted by Crippen LogP contribution is 2.37. The van der Waals surface area contributed by atoms with Crippen molar-refractivity contribution in [3.05, 3.63) is 32.6 Å². The van der Waals surface area contributed by atoms with Gasteiger partial charge in [0, 0.05) is 23.4 Å². The summed E-state index contributed by atoms with van der Waals surface area (Å²) in [5.41, 5.74) is -1.03. The lowest BCUT2D eigenvalue weighted by atomic mass is 10.1. The van der Waals surface area contributed by atoms with E-state index in [-0.39, 0.29) is 18.3 Å². The van der Waals surface area contributed by atoms with Gasteiger partial charge in [0.25, 0.3) is 5.56 Å². The molecule has 1 aliphatic heterocycles. The minimum Gasteiger partial charge on any atom is -0.394 e. The molecule has 0 amide bonds. The van der Waals surface area contributed by atoms with Gasteiger partial charge in [0.15, 0.2) is 12.3 Å². The molecule has 0 saturated carbocycles. The number of aliphatic hydroxyl groups is 1.